The average molecular weight is 412 g/mol. The van der Waals surface area contributed by atoms with E-state index < -0.39 is 28.1 Å². The molecule has 1 aromatic rings. The molecule has 0 saturated carbocycles. The number of carbonyl (C=O) groups excluding carboxylic acids is 2. The number of nitrogens with one attached hydrogen (secondary N) is 2. The fourth-order valence-corrected chi connectivity index (χ4v) is 5.35. The summed E-state index contributed by atoms with van der Waals surface area (Å²) in [5.41, 5.74) is 2.33. The maximum atomic E-state index is 13.3. The lowest BCUT2D eigenvalue weighted by molar-refractivity contribution is -0.140. The molecule has 0 radical (unpaired) electrons. The van der Waals surface area contributed by atoms with Gasteiger partial charge in [0.1, 0.15) is 6.23 Å². The molecule has 1 aliphatic rings. The Bertz CT molecular complexity index is 815. The number of amides is 2. The molecular weight excluding hydrogens is 382 g/mol. The molecule has 1 heterocycles. The van der Waals surface area contributed by atoms with E-state index in [0.29, 0.717) is 37.1 Å². The molecule has 2 rings (SSSR count). The summed E-state index contributed by atoms with van der Waals surface area (Å²) in [7, 11) is -3.82. The topological polar surface area (TPSA) is 105 Å². The van der Waals surface area contributed by atoms with Crippen molar-refractivity contribution in [1.29, 1.82) is 0 Å². The highest BCUT2D eigenvalue weighted by Crippen LogP contribution is 2.28. The quantitative estimate of drug-likeness (QED) is 0.680. The van der Waals surface area contributed by atoms with Crippen molar-refractivity contribution in [3.8, 4) is 0 Å². The van der Waals surface area contributed by atoms with Gasteiger partial charge in [-0.05, 0) is 44.7 Å². The lowest BCUT2D eigenvalue weighted by atomic mass is 10.1. The Kier molecular flexibility index (Phi) is 7.56. The van der Waals surface area contributed by atoms with Crippen LogP contribution in [0.1, 0.15) is 36.5 Å². The predicted molar refractivity (Wildman–Crippen MR) is 105 cm³/mol. The van der Waals surface area contributed by atoms with E-state index in [2.05, 4.69) is 10.6 Å². The van der Waals surface area contributed by atoms with Crippen LogP contribution >= 0.6 is 0 Å². The summed E-state index contributed by atoms with van der Waals surface area (Å²) in [6.45, 7) is 8.32. The lowest BCUT2D eigenvalue weighted by Gasteiger charge is -2.35. The van der Waals surface area contributed by atoms with Crippen molar-refractivity contribution in [2.45, 2.75) is 51.7 Å². The van der Waals surface area contributed by atoms with Gasteiger partial charge >= 0.3 is 11.8 Å². The Balaban J connectivity index is 2.18. The summed E-state index contributed by atoms with van der Waals surface area (Å²) < 4.78 is 33.5. The summed E-state index contributed by atoms with van der Waals surface area (Å²) in [6, 6.07) is 3.67. The van der Waals surface area contributed by atoms with E-state index in [1.54, 1.807) is 13.8 Å². The lowest BCUT2D eigenvalue weighted by Crippen LogP contribution is -2.53. The van der Waals surface area contributed by atoms with Gasteiger partial charge in [0.25, 0.3) is 0 Å². The van der Waals surface area contributed by atoms with Gasteiger partial charge in [-0.15, -0.1) is 0 Å². The van der Waals surface area contributed by atoms with Crippen molar-refractivity contribution >= 4 is 21.8 Å². The van der Waals surface area contributed by atoms with Crippen LogP contribution in [0.5, 0.6) is 0 Å². The molecule has 0 aliphatic carbocycles. The number of hydrogen-bond acceptors (Lipinski definition) is 5. The fourth-order valence-electron chi connectivity index (χ4n) is 3.37. The number of sulfonamides is 1. The van der Waals surface area contributed by atoms with Crippen LogP contribution in [0, 0.1) is 20.8 Å². The van der Waals surface area contributed by atoms with Gasteiger partial charge in [-0.3, -0.25) is 9.59 Å². The maximum Gasteiger partial charge on any atom is 0.309 e. The van der Waals surface area contributed by atoms with Crippen LogP contribution in [0.4, 0.5) is 0 Å². The van der Waals surface area contributed by atoms with E-state index in [1.807, 2.05) is 26.0 Å². The molecule has 8 nitrogen and oxygen atoms in total. The minimum absolute atomic E-state index is 0.0957. The van der Waals surface area contributed by atoms with Crippen molar-refractivity contribution in [3.05, 3.63) is 28.8 Å². The summed E-state index contributed by atoms with van der Waals surface area (Å²) in [5.74, 6) is -1.54. The van der Waals surface area contributed by atoms with Gasteiger partial charge in [0, 0.05) is 13.1 Å². The zero-order valence-electron chi connectivity index (χ0n) is 16.9. The Morgan fingerprint density at radius 3 is 2.36 bits per heavy atom. The number of aryl methyl sites for hydroxylation is 3. The zero-order chi connectivity index (χ0) is 20.9. The van der Waals surface area contributed by atoms with Gasteiger partial charge < -0.3 is 15.4 Å². The van der Waals surface area contributed by atoms with Crippen LogP contribution in [0.2, 0.25) is 0 Å². The van der Waals surface area contributed by atoms with Gasteiger partial charge in [-0.25, -0.2) is 8.42 Å². The molecule has 1 fully saturated rings. The molecule has 1 atom stereocenters. The third kappa shape index (κ3) is 5.09. The Morgan fingerprint density at radius 1 is 1.14 bits per heavy atom. The Labute approximate surface area is 166 Å². The summed E-state index contributed by atoms with van der Waals surface area (Å²) >= 11 is 0. The van der Waals surface area contributed by atoms with E-state index in [-0.39, 0.29) is 18.0 Å². The number of rotatable bonds is 6. The highest BCUT2D eigenvalue weighted by atomic mass is 32.2. The number of hydrogen-bond donors (Lipinski definition) is 2. The van der Waals surface area contributed by atoms with Crippen molar-refractivity contribution in [2.24, 2.45) is 0 Å². The van der Waals surface area contributed by atoms with Crippen LogP contribution in [0.15, 0.2) is 17.0 Å². The van der Waals surface area contributed by atoms with Crippen LogP contribution in [0.3, 0.4) is 0 Å². The van der Waals surface area contributed by atoms with Crippen LogP contribution in [-0.4, -0.2) is 57.0 Å². The van der Waals surface area contributed by atoms with Crippen LogP contribution in [-0.2, 0) is 24.3 Å². The van der Waals surface area contributed by atoms with Gasteiger partial charge in [-0.2, -0.15) is 4.31 Å². The van der Waals surface area contributed by atoms with Crippen LogP contribution < -0.4 is 10.6 Å². The van der Waals surface area contributed by atoms with E-state index in [0.717, 1.165) is 5.56 Å². The zero-order valence-corrected chi connectivity index (χ0v) is 17.7. The molecule has 2 amide bonds. The van der Waals surface area contributed by atoms with Crippen LogP contribution in [0.25, 0.3) is 0 Å². The van der Waals surface area contributed by atoms with Gasteiger partial charge in [0.05, 0.1) is 18.0 Å². The molecule has 156 valence electrons. The third-order valence-corrected chi connectivity index (χ3v) is 6.70. The summed E-state index contributed by atoms with van der Waals surface area (Å²) in [5, 5.41) is 4.95. The molecule has 28 heavy (non-hydrogen) atoms. The molecule has 2 N–H and O–H groups in total. The normalized spacial score (nSPS) is 17.9. The van der Waals surface area contributed by atoms with Crippen molar-refractivity contribution < 1.29 is 22.7 Å². The highest BCUT2D eigenvalue weighted by molar-refractivity contribution is 7.89. The van der Waals surface area contributed by atoms with E-state index in [1.165, 1.54) is 4.31 Å². The smallest absolute Gasteiger partial charge is 0.309 e. The largest absolute Gasteiger partial charge is 0.360 e. The monoisotopic (exact) mass is 411 g/mol. The molecule has 1 unspecified atom stereocenters. The van der Waals surface area contributed by atoms with Gasteiger partial charge in [0.15, 0.2) is 0 Å². The number of benzene rings is 1. The second-order valence-corrected chi connectivity index (χ2v) is 8.82. The minimum Gasteiger partial charge on any atom is -0.360 e. The summed E-state index contributed by atoms with van der Waals surface area (Å²) in [6.07, 6.45) is 0.415. The third-order valence-electron chi connectivity index (χ3n) is 4.50. The SMILES string of the molecule is CCCNC(=O)C(=O)NCC1OCCCN1S(=O)(=O)c1c(C)cc(C)cc1C. The molecule has 1 saturated heterocycles. The van der Waals surface area contributed by atoms with E-state index in [9.17, 15) is 18.0 Å². The minimum atomic E-state index is -3.82. The molecule has 0 spiro atoms. The highest BCUT2D eigenvalue weighted by Gasteiger charge is 2.36. The van der Waals surface area contributed by atoms with Gasteiger partial charge in [-0.1, -0.05) is 24.6 Å². The first-order valence-electron chi connectivity index (χ1n) is 9.45. The molecule has 1 aliphatic heterocycles. The molecule has 1 aromatic carbocycles. The average Bonchev–Trinajstić information content (AvgIpc) is 2.63. The first kappa shape index (κ1) is 22.3. The number of carbonyl (C=O) groups is 2. The van der Waals surface area contributed by atoms with Gasteiger partial charge in [0.2, 0.25) is 10.0 Å². The molecule has 0 bridgehead atoms. The molecule has 9 heteroatoms. The maximum absolute atomic E-state index is 13.3. The first-order chi connectivity index (χ1) is 13.2. The molecular formula is C19H29N3O5S. The first-order valence-corrected chi connectivity index (χ1v) is 10.9. The van der Waals surface area contributed by atoms with Crippen molar-refractivity contribution in [3.63, 3.8) is 0 Å². The van der Waals surface area contributed by atoms with E-state index >= 15 is 0 Å². The Hall–Kier alpha value is -1.97. The van der Waals surface area contributed by atoms with E-state index in [4.69, 9.17) is 4.74 Å². The predicted octanol–water partition coefficient (Wildman–Crippen LogP) is 0.991. The Morgan fingerprint density at radius 2 is 1.75 bits per heavy atom. The van der Waals surface area contributed by atoms with Crippen molar-refractivity contribution in [1.82, 2.24) is 14.9 Å². The summed E-state index contributed by atoms with van der Waals surface area (Å²) in [4.78, 5) is 23.9. The number of ether oxygens (including phenoxy) is 1. The second-order valence-electron chi connectivity index (χ2n) is 6.99. The van der Waals surface area contributed by atoms with Crippen molar-refractivity contribution in [2.75, 3.05) is 26.2 Å². The number of nitrogens with zero attached hydrogens (tertiary/aromatic N) is 1. The standard InChI is InChI=1S/C19H29N3O5S/c1-5-7-20-18(23)19(24)21-12-16-22(8-6-9-27-16)28(25,26)17-14(3)10-13(2)11-15(17)4/h10-11,16H,5-9,12H2,1-4H3,(H,20,23)(H,21,24). The fraction of sp³-hybridized carbons (Fsp3) is 0.579. The second kappa shape index (κ2) is 9.49. The molecule has 0 aromatic heterocycles.